The van der Waals surface area contributed by atoms with Crippen LogP contribution in [0.4, 0.5) is 9.18 Å². The molecular formula is C20H18BrFN4O3. The van der Waals surface area contributed by atoms with E-state index in [0.717, 1.165) is 10.3 Å². The first-order valence-electron chi connectivity index (χ1n) is 9.01. The molecule has 3 aromatic rings. The van der Waals surface area contributed by atoms with Gasteiger partial charge in [-0.2, -0.15) is 9.78 Å². The summed E-state index contributed by atoms with van der Waals surface area (Å²) in [5.74, 6) is 0.0342. The molecule has 1 aromatic carbocycles. The molecule has 29 heavy (non-hydrogen) atoms. The van der Waals surface area contributed by atoms with Gasteiger partial charge in [0.2, 0.25) is 0 Å². The van der Waals surface area contributed by atoms with E-state index < -0.39 is 17.5 Å². The van der Waals surface area contributed by atoms with Crippen LogP contribution in [-0.2, 0) is 11.3 Å². The van der Waals surface area contributed by atoms with Gasteiger partial charge in [0.1, 0.15) is 17.2 Å². The quantitative estimate of drug-likeness (QED) is 0.542. The van der Waals surface area contributed by atoms with Gasteiger partial charge in [-0.1, -0.05) is 0 Å². The van der Waals surface area contributed by atoms with Crippen molar-refractivity contribution >= 4 is 44.6 Å². The van der Waals surface area contributed by atoms with Gasteiger partial charge in [0.25, 0.3) is 5.56 Å². The second kappa shape index (κ2) is 6.91. The van der Waals surface area contributed by atoms with E-state index in [1.807, 2.05) is 6.08 Å². The number of aromatic nitrogens is 4. The minimum Gasteiger partial charge on any atom is -0.442 e. The van der Waals surface area contributed by atoms with Crippen molar-refractivity contribution in [2.75, 3.05) is 0 Å². The van der Waals surface area contributed by atoms with Gasteiger partial charge in [-0.3, -0.25) is 9.36 Å². The number of carbonyl (C=O) groups excluding carboxylic acids is 1. The number of benzene rings is 1. The molecule has 0 N–H and O–H groups in total. The number of rotatable bonds is 1. The fraction of sp³-hybridized carbons (Fsp3) is 0.300. The van der Waals surface area contributed by atoms with E-state index in [9.17, 15) is 14.0 Å². The van der Waals surface area contributed by atoms with Crippen molar-refractivity contribution in [2.24, 2.45) is 0 Å². The molecular weight excluding hydrogens is 443 g/mol. The highest BCUT2D eigenvalue weighted by molar-refractivity contribution is 9.10. The van der Waals surface area contributed by atoms with Crippen molar-refractivity contribution in [3.63, 3.8) is 0 Å². The van der Waals surface area contributed by atoms with Crippen LogP contribution in [0.25, 0.3) is 22.6 Å². The lowest BCUT2D eigenvalue weighted by atomic mass is 10.1. The summed E-state index contributed by atoms with van der Waals surface area (Å²) in [6, 6.07) is 2.49. The molecule has 0 amide bonds. The minimum absolute atomic E-state index is 0.236. The van der Waals surface area contributed by atoms with Gasteiger partial charge in [-0.25, -0.2) is 14.2 Å². The van der Waals surface area contributed by atoms with E-state index in [0.29, 0.717) is 34.3 Å². The predicted octanol–water partition coefficient (Wildman–Crippen LogP) is 4.22. The number of halogens is 2. The highest BCUT2D eigenvalue weighted by Gasteiger charge is 2.23. The molecule has 0 radical (unpaired) electrons. The van der Waals surface area contributed by atoms with E-state index >= 15 is 0 Å². The van der Waals surface area contributed by atoms with Crippen LogP contribution in [0.3, 0.4) is 0 Å². The molecule has 0 saturated carbocycles. The molecule has 0 unspecified atom stereocenters. The summed E-state index contributed by atoms with van der Waals surface area (Å²) in [6.45, 7) is 5.80. The van der Waals surface area contributed by atoms with Gasteiger partial charge < -0.3 is 4.74 Å². The van der Waals surface area contributed by atoms with E-state index in [1.165, 1.54) is 12.1 Å². The van der Waals surface area contributed by atoms with Crippen molar-refractivity contribution in [1.82, 2.24) is 19.3 Å². The van der Waals surface area contributed by atoms with Gasteiger partial charge in [-0.15, -0.1) is 0 Å². The van der Waals surface area contributed by atoms with Crippen LogP contribution in [0.15, 0.2) is 33.8 Å². The Bertz CT molecular complexity index is 1240. The van der Waals surface area contributed by atoms with Crippen molar-refractivity contribution in [1.29, 1.82) is 0 Å². The van der Waals surface area contributed by atoms with Crippen molar-refractivity contribution in [2.45, 2.75) is 39.3 Å². The summed E-state index contributed by atoms with van der Waals surface area (Å²) in [5, 5.41) is 4.28. The molecule has 1 aliphatic heterocycles. The Hall–Kier alpha value is -2.81. The standard InChI is InChI=1S/C20H18BrFN4O3/c1-20(2,3)29-19(28)26-10-11(9-23-26)6-12-4-5-25-17(12)24-16-14(18(25)27)7-13(22)8-15(16)21/h6-10H,4-5H2,1-3H3. The highest BCUT2D eigenvalue weighted by atomic mass is 79.9. The summed E-state index contributed by atoms with van der Waals surface area (Å²) in [5.41, 5.74) is 1.04. The lowest BCUT2D eigenvalue weighted by Gasteiger charge is -2.18. The number of ether oxygens (including phenoxy) is 1. The molecule has 7 nitrogen and oxygen atoms in total. The zero-order valence-electron chi connectivity index (χ0n) is 16.1. The third kappa shape index (κ3) is 3.74. The normalized spacial score (nSPS) is 15.1. The van der Waals surface area contributed by atoms with Gasteiger partial charge in [0.05, 0.1) is 17.1 Å². The fourth-order valence-electron chi connectivity index (χ4n) is 3.20. The number of carbonyl (C=O) groups is 1. The van der Waals surface area contributed by atoms with Crippen LogP contribution in [0.5, 0.6) is 0 Å². The van der Waals surface area contributed by atoms with Crippen LogP contribution in [0.1, 0.15) is 38.6 Å². The molecule has 0 aliphatic carbocycles. The number of allylic oxidation sites excluding steroid dienone is 1. The molecule has 0 fully saturated rings. The third-order valence-electron chi connectivity index (χ3n) is 4.39. The van der Waals surface area contributed by atoms with Crippen LogP contribution < -0.4 is 5.56 Å². The molecule has 4 rings (SSSR count). The topological polar surface area (TPSA) is 79.0 Å². The van der Waals surface area contributed by atoms with E-state index in [2.05, 4.69) is 26.0 Å². The summed E-state index contributed by atoms with van der Waals surface area (Å²) < 4.78 is 22.1. The van der Waals surface area contributed by atoms with Gasteiger partial charge in [-0.05, 0) is 66.9 Å². The Morgan fingerprint density at radius 3 is 2.83 bits per heavy atom. The molecule has 2 aromatic heterocycles. The largest absolute Gasteiger partial charge is 0.442 e. The molecule has 9 heteroatoms. The summed E-state index contributed by atoms with van der Waals surface area (Å²) in [4.78, 5) is 29.5. The molecule has 150 valence electrons. The van der Waals surface area contributed by atoms with Crippen LogP contribution >= 0.6 is 15.9 Å². The van der Waals surface area contributed by atoms with Gasteiger partial charge in [0, 0.05) is 22.8 Å². The van der Waals surface area contributed by atoms with Crippen molar-refractivity contribution in [3.05, 3.63) is 56.6 Å². The summed E-state index contributed by atoms with van der Waals surface area (Å²) in [6.07, 6.45) is 4.97. The van der Waals surface area contributed by atoms with Crippen molar-refractivity contribution < 1.29 is 13.9 Å². The Balaban J connectivity index is 1.73. The Labute approximate surface area is 173 Å². The van der Waals surface area contributed by atoms with E-state index in [1.54, 1.807) is 37.7 Å². The lowest BCUT2D eigenvalue weighted by Crippen LogP contribution is -2.27. The lowest BCUT2D eigenvalue weighted by molar-refractivity contribution is 0.0514. The predicted molar refractivity (Wildman–Crippen MR) is 110 cm³/mol. The van der Waals surface area contributed by atoms with Crippen LogP contribution in [0.2, 0.25) is 0 Å². The zero-order valence-corrected chi connectivity index (χ0v) is 17.7. The first-order valence-corrected chi connectivity index (χ1v) is 9.80. The van der Waals surface area contributed by atoms with Gasteiger partial charge in [0.15, 0.2) is 0 Å². The molecule has 3 heterocycles. The maximum atomic E-state index is 13.7. The SMILES string of the molecule is CC(C)(C)OC(=O)n1cc(C=C2CCn3c2nc2c(Br)cc(F)cc2c3=O)cn1. The monoisotopic (exact) mass is 460 g/mol. The fourth-order valence-corrected chi connectivity index (χ4v) is 3.73. The smallest absolute Gasteiger partial charge is 0.435 e. The van der Waals surface area contributed by atoms with E-state index in [4.69, 9.17) is 4.74 Å². The average Bonchev–Trinajstić information content (AvgIpc) is 3.23. The van der Waals surface area contributed by atoms with E-state index in [-0.39, 0.29) is 10.9 Å². The molecule has 0 saturated heterocycles. The summed E-state index contributed by atoms with van der Waals surface area (Å²) >= 11 is 3.29. The average molecular weight is 461 g/mol. The Morgan fingerprint density at radius 2 is 2.10 bits per heavy atom. The van der Waals surface area contributed by atoms with Gasteiger partial charge >= 0.3 is 6.09 Å². The Kier molecular flexibility index (Phi) is 4.65. The summed E-state index contributed by atoms with van der Waals surface area (Å²) in [7, 11) is 0. The second-order valence-corrected chi connectivity index (χ2v) is 8.65. The highest BCUT2D eigenvalue weighted by Crippen LogP contribution is 2.30. The zero-order chi connectivity index (χ0) is 20.9. The number of nitrogens with zero attached hydrogens (tertiary/aromatic N) is 4. The second-order valence-electron chi connectivity index (χ2n) is 7.79. The number of fused-ring (bicyclic) bond motifs is 2. The Morgan fingerprint density at radius 1 is 1.34 bits per heavy atom. The molecule has 0 atom stereocenters. The maximum Gasteiger partial charge on any atom is 0.435 e. The first-order chi connectivity index (χ1) is 13.6. The molecule has 1 aliphatic rings. The molecule has 0 bridgehead atoms. The maximum absolute atomic E-state index is 13.7. The first kappa shape index (κ1) is 19.5. The van der Waals surface area contributed by atoms with Crippen molar-refractivity contribution in [3.8, 4) is 0 Å². The molecule has 0 spiro atoms. The van der Waals surface area contributed by atoms with Crippen LogP contribution in [-0.4, -0.2) is 31.0 Å². The van der Waals surface area contributed by atoms with Crippen LogP contribution in [0, 0.1) is 5.82 Å². The minimum atomic E-state index is -0.620. The third-order valence-corrected chi connectivity index (χ3v) is 5.00. The number of hydrogen-bond acceptors (Lipinski definition) is 5. The number of hydrogen-bond donors (Lipinski definition) is 0.